The Labute approximate surface area is 175 Å². The maximum absolute atomic E-state index is 5.88. The van der Waals surface area contributed by atoms with E-state index in [-0.39, 0.29) is 0 Å². The molecule has 146 valence electrons. The third kappa shape index (κ3) is 8.98. The van der Waals surface area contributed by atoms with Gasteiger partial charge in [-0.05, 0) is 39.0 Å². The molecular formula is C14H28Cl6N4. The molecule has 0 spiro atoms. The van der Waals surface area contributed by atoms with Crippen LogP contribution in [0.15, 0.2) is 0 Å². The lowest BCUT2D eigenvalue weighted by Gasteiger charge is -2.37. The molecule has 0 saturated heterocycles. The number of alkyl halides is 6. The Kier molecular flexibility index (Phi) is 15.6. The van der Waals surface area contributed by atoms with Gasteiger partial charge in [-0.3, -0.25) is 0 Å². The minimum Gasteiger partial charge on any atom is -0.330 e. The summed E-state index contributed by atoms with van der Waals surface area (Å²) in [5.41, 5.74) is 16.3. The molecule has 1 aliphatic rings. The third-order valence-electron chi connectivity index (χ3n) is 3.63. The Balaban J connectivity index is 0.000000441. The van der Waals surface area contributed by atoms with E-state index in [9.17, 15) is 0 Å². The molecule has 0 amide bonds. The Bertz CT molecular complexity index is 248. The highest BCUT2D eigenvalue weighted by Crippen LogP contribution is 2.39. The topological polar surface area (TPSA) is 81.3 Å². The lowest BCUT2D eigenvalue weighted by molar-refractivity contribution is 0.277. The molecule has 0 radical (unpaired) electrons. The van der Waals surface area contributed by atoms with Gasteiger partial charge in [0.2, 0.25) is 0 Å². The van der Waals surface area contributed by atoms with Crippen molar-refractivity contribution in [2.75, 3.05) is 39.3 Å². The lowest BCUT2D eigenvalue weighted by atomic mass is 9.97. The molecule has 6 N–H and O–H groups in total. The SMILES string of the molecule is ClC1C(Cl)C(Cl)C(Cl)C(Cl)C1Cl.NCCCN(CCN)CCCN. The van der Waals surface area contributed by atoms with Crippen molar-refractivity contribution in [3.05, 3.63) is 0 Å². The Morgan fingerprint density at radius 3 is 1.00 bits per heavy atom. The first-order chi connectivity index (χ1) is 11.3. The fourth-order valence-corrected chi connectivity index (χ4v) is 4.53. The summed E-state index contributed by atoms with van der Waals surface area (Å²) in [6, 6.07) is 0. The first-order valence-corrected chi connectivity index (χ1v) is 10.6. The van der Waals surface area contributed by atoms with Crippen LogP contribution in [-0.2, 0) is 0 Å². The van der Waals surface area contributed by atoms with Gasteiger partial charge in [-0.1, -0.05) is 0 Å². The molecule has 10 heteroatoms. The minimum absolute atomic E-state index is 0.437. The van der Waals surface area contributed by atoms with Gasteiger partial charge in [0.1, 0.15) is 0 Å². The normalized spacial score (nSPS) is 33.2. The van der Waals surface area contributed by atoms with Crippen LogP contribution in [0.2, 0.25) is 0 Å². The molecule has 1 rings (SSSR count). The highest BCUT2D eigenvalue weighted by molar-refractivity contribution is 6.45. The second-order valence-electron chi connectivity index (χ2n) is 5.58. The molecule has 0 aromatic carbocycles. The van der Waals surface area contributed by atoms with Gasteiger partial charge in [0.15, 0.2) is 0 Å². The number of nitrogens with zero attached hydrogens (tertiary/aromatic N) is 1. The molecule has 1 saturated carbocycles. The summed E-state index contributed by atoms with van der Waals surface area (Å²) in [6.45, 7) is 5.28. The summed E-state index contributed by atoms with van der Waals surface area (Å²) in [4.78, 5) is 2.32. The van der Waals surface area contributed by atoms with E-state index in [1.54, 1.807) is 0 Å². The summed E-state index contributed by atoms with van der Waals surface area (Å²) in [5, 5.41) is -2.62. The smallest absolute Gasteiger partial charge is 0.0693 e. The van der Waals surface area contributed by atoms with Crippen LogP contribution >= 0.6 is 69.6 Å². The van der Waals surface area contributed by atoms with Crippen LogP contribution in [0, 0.1) is 0 Å². The molecule has 0 aromatic rings. The Morgan fingerprint density at radius 2 is 0.792 bits per heavy atom. The number of nitrogens with two attached hydrogens (primary N) is 3. The molecular weight excluding hydrogens is 437 g/mol. The van der Waals surface area contributed by atoms with E-state index in [4.69, 9.17) is 86.8 Å². The van der Waals surface area contributed by atoms with Gasteiger partial charge in [0.05, 0.1) is 32.3 Å². The van der Waals surface area contributed by atoms with Crippen LogP contribution in [0.1, 0.15) is 12.8 Å². The van der Waals surface area contributed by atoms with Crippen LogP contribution in [-0.4, -0.2) is 76.4 Å². The predicted molar refractivity (Wildman–Crippen MR) is 111 cm³/mol. The fraction of sp³-hybridized carbons (Fsp3) is 1.00. The number of halogens is 6. The molecule has 4 nitrogen and oxygen atoms in total. The maximum atomic E-state index is 5.88. The molecule has 0 atom stereocenters. The largest absolute Gasteiger partial charge is 0.330 e. The minimum atomic E-state index is -0.437. The molecule has 1 aliphatic carbocycles. The van der Waals surface area contributed by atoms with Gasteiger partial charge in [-0.15, -0.1) is 69.6 Å². The van der Waals surface area contributed by atoms with E-state index in [0.717, 1.165) is 52.1 Å². The first-order valence-electron chi connectivity index (χ1n) is 7.98. The summed E-state index contributed by atoms with van der Waals surface area (Å²) >= 11 is 35.3. The summed E-state index contributed by atoms with van der Waals surface area (Å²) in [7, 11) is 0. The highest BCUT2D eigenvalue weighted by Gasteiger charge is 2.46. The van der Waals surface area contributed by atoms with E-state index in [1.165, 1.54) is 0 Å². The molecule has 0 heterocycles. The summed E-state index contributed by atoms with van der Waals surface area (Å²) < 4.78 is 0. The van der Waals surface area contributed by atoms with Crippen molar-refractivity contribution in [1.82, 2.24) is 4.90 Å². The molecule has 0 bridgehead atoms. The molecule has 0 aromatic heterocycles. The van der Waals surface area contributed by atoms with E-state index in [0.29, 0.717) is 0 Å². The van der Waals surface area contributed by atoms with Crippen LogP contribution in [0.3, 0.4) is 0 Å². The van der Waals surface area contributed by atoms with Gasteiger partial charge in [-0.25, -0.2) is 0 Å². The van der Waals surface area contributed by atoms with Crippen LogP contribution < -0.4 is 17.2 Å². The average molecular weight is 465 g/mol. The molecule has 24 heavy (non-hydrogen) atoms. The van der Waals surface area contributed by atoms with Crippen molar-refractivity contribution in [1.29, 1.82) is 0 Å². The van der Waals surface area contributed by atoms with E-state index in [2.05, 4.69) is 4.90 Å². The van der Waals surface area contributed by atoms with E-state index in [1.807, 2.05) is 0 Å². The van der Waals surface area contributed by atoms with E-state index >= 15 is 0 Å². The second kappa shape index (κ2) is 14.6. The lowest BCUT2D eigenvalue weighted by Crippen LogP contribution is -2.52. The van der Waals surface area contributed by atoms with Gasteiger partial charge >= 0.3 is 0 Å². The average Bonchev–Trinajstić information content (AvgIpc) is 2.59. The van der Waals surface area contributed by atoms with Crippen LogP contribution in [0.5, 0.6) is 0 Å². The van der Waals surface area contributed by atoms with Crippen LogP contribution in [0.4, 0.5) is 0 Å². The standard InChI is InChI=1S/C8H22N4.C6H6Cl6/c9-3-1-6-12(8-5-11)7-2-4-10;7-1-2(8)4(10)6(12)5(11)3(1)9/h1-11H2;1-6H. The predicted octanol–water partition coefficient (Wildman–Crippen LogP) is 2.59. The number of hydrogen-bond acceptors (Lipinski definition) is 4. The Hall–Kier alpha value is 1.58. The van der Waals surface area contributed by atoms with Crippen molar-refractivity contribution >= 4 is 69.6 Å². The van der Waals surface area contributed by atoms with Crippen molar-refractivity contribution < 1.29 is 0 Å². The van der Waals surface area contributed by atoms with Crippen LogP contribution in [0.25, 0.3) is 0 Å². The summed E-state index contributed by atoms with van der Waals surface area (Å²) in [6.07, 6.45) is 2.09. The van der Waals surface area contributed by atoms with Gasteiger partial charge < -0.3 is 22.1 Å². The summed E-state index contributed by atoms with van der Waals surface area (Å²) in [5.74, 6) is 0. The fourth-order valence-electron chi connectivity index (χ4n) is 2.20. The van der Waals surface area contributed by atoms with E-state index < -0.39 is 32.3 Å². The Morgan fingerprint density at radius 1 is 0.500 bits per heavy atom. The number of rotatable bonds is 8. The van der Waals surface area contributed by atoms with Crippen molar-refractivity contribution in [3.8, 4) is 0 Å². The molecule has 1 fully saturated rings. The number of hydrogen-bond donors (Lipinski definition) is 3. The molecule has 0 aliphatic heterocycles. The zero-order valence-corrected chi connectivity index (χ0v) is 18.1. The van der Waals surface area contributed by atoms with Crippen molar-refractivity contribution in [3.63, 3.8) is 0 Å². The maximum Gasteiger partial charge on any atom is 0.0693 e. The van der Waals surface area contributed by atoms with Crippen molar-refractivity contribution in [2.45, 2.75) is 45.1 Å². The van der Waals surface area contributed by atoms with Gasteiger partial charge in [0, 0.05) is 13.1 Å². The monoisotopic (exact) mass is 462 g/mol. The quantitative estimate of drug-likeness (QED) is 0.482. The van der Waals surface area contributed by atoms with Gasteiger partial charge in [-0.2, -0.15) is 0 Å². The van der Waals surface area contributed by atoms with Gasteiger partial charge in [0.25, 0.3) is 0 Å². The second-order valence-corrected chi connectivity index (χ2v) is 8.61. The first kappa shape index (κ1) is 25.6. The zero-order chi connectivity index (χ0) is 18.7. The molecule has 0 unspecified atom stereocenters. The van der Waals surface area contributed by atoms with Crippen molar-refractivity contribution in [2.24, 2.45) is 17.2 Å². The highest BCUT2D eigenvalue weighted by atomic mass is 35.5. The third-order valence-corrected chi connectivity index (χ3v) is 7.66. The zero-order valence-electron chi connectivity index (χ0n) is 13.6.